The number of nitrogens with zero attached hydrogens (tertiary/aromatic N) is 2. The molecule has 2 heterocycles. The third-order valence-corrected chi connectivity index (χ3v) is 5.57. The molecular formula is C20H27N3O4. The van der Waals surface area contributed by atoms with Crippen LogP contribution in [-0.4, -0.2) is 62.5 Å². The lowest BCUT2D eigenvalue weighted by molar-refractivity contribution is -0.145. The molecule has 0 aliphatic carbocycles. The fourth-order valence-electron chi connectivity index (χ4n) is 3.98. The summed E-state index contributed by atoms with van der Waals surface area (Å²) in [7, 11) is 1.36. The van der Waals surface area contributed by atoms with Crippen LogP contribution in [0.4, 0.5) is 5.69 Å². The lowest BCUT2D eigenvalue weighted by atomic mass is 9.96. The lowest BCUT2D eigenvalue weighted by Crippen LogP contribution is -2.41. The van der Waals surface area contributed by atoms with Gasteiger partial charge in [0.1, 0.15) is 6.04 Å². The normalized spacial score (nSPS) is 20.4. The quantitative estimate of drug-likeness (QED) is 0.603. The number of methoxy groups -OCH3 is 1. The van der Waals surface area contributed by atoms with Gasteiger partial charge in [-0.2, -0.15) is 0 Å². The van der Waals surface area contributed by atoms with Crippen molar-refractivity contribution in [3.8, 4) is 0 Å². The van der Waals surface area contributed by atoms with Crippen LogP contribution in [0, 0.1) is 5.92 Å². The van der Waals surface area contributed by atoms with Gasteiger partial charge in [0.25, 0.3) is 5.91 Å². The lowest BCUT2D eigenvalue weighted by Gasteiger charge is -2.33. The van der Waals surface area contributed by atoms with E-state index in [9.17, 15) is 14.4 Å². The van der Waals surface area contributed by atoms with Crippen LogP contribution in [-0.2, 0) is 14.3 Å². The molecule has 1 unspecified atom stereocenters. The Labute approximate surface area is 159 Å². The third kappa shape index (κ3) is 4.40. The van der Waals surface area contributed by atoms with Gasteiger partial charge in [0.2, 0.25) is 6.41 Å². The highest BCUT2D eigenvalue weighted by Crippen LogP contribution is 2.25. The molecule has 2 aliphatic heterocycles. The number of anilines is 1. The molecule has 0 radical (unpaired) electrons. The fraction of sp³-hybridized carbons (Fsp3) is 0.550. The van der Waals surface area contributed by atoms with Gasteiger partial charge in [-0.05, 0) is 55.9 Å². The molecule has 146 valence electrons. The van der Waals surface area contributed by atoms with E-state index in [2.05, 4.69) is 10.2 Å². The summed E-state index contributed by atoms with van der Waals surface area (Å²) >= 11 is 0. The average molecular weight is 373 g/mol. The standard InChI is InChI=1S/C20H27N3O4/c1-27-20(26)18-3-2-10-23(18)19(25)16-4-6-17(7-5-16)22-11-8-15(9-12-22)13-21-14-24/h4-7,14-15,18H,2-3,8-13H2,1H3,(H,21,24). The Bertz CT molecular complexity index is 668. The Kier molecular flexibility index (Phi) is 6.32. The molecule has 27 heavy (non-hydrogen) atoms. The number of likely N-dealkylation sites (tertiary alicyclic amines) is 1. The van der Waals surface area contributed by atoms with Gasteiger partial charge in [-0.3, -0.25) is 9.59 Å². The molecule has 0 aromatic heterocycles. The number of esters is 1. The molecular weight excluding hydrogens is 346 g/mol. The van der Waals surface area contributed by atoms with Crippen molar-refractivity contribution >= 4 is 24.0 Å². The van der Waals surface area contributed by atoms with Crippen molar-refractivity contribution in [2.75, 3.05) is 38.2 Å². The number of rotatable bonds is 6. The first-order chi connectivity index (χ1) is 13.1. The number of ether oxygens (including phenoxy) is 1. The maximum atomic E-state index is 12.8. The third-order valence-electron chi connectivity index (χ3n) is 5.57. The number of piperidine rings is 1. The van der Waals surface area contributed by atoms with Crippen LogP contribution in [0.15, 0.2) is 24.3 Å². The minimum atomic E-state index is -0.471. The summed E-state index contributed by atoms with van der Waals surface area (Å²) in [5, 5.41) is 2.76. The summed E-state index contributed by atoms with van der Waals surface area (Å²) in [5.74, 6) is 0.0650. The van der Waals surface area contributed by atoms with E-state index in [0.29, 0.717) is 24.4 Å². The van der Waals surface area contributed by atoms with Crippen molar-refractivity contribution in [1.82, 2.24) is 10.2 Å². The molecule has 7 heteroatoms. The minimum absolute atomic E-state index is 0.118. The predicted molar refractivity (Wildman–Crippen MR) is 102 cm³/mol. The Morgan fingerprint density at radius 2 is 1.85 bits per heavy atom. The van der Waals surface area contributed by atoms with Crippen LogP contribution >= 0.6 is 0 Å². The number of hydrogen-bond donors (Lipinski definition) is 1. The topological polar surface area (TPSA) is 79.0 Å². The van der Waals surface area contributed by atoms with E-state index in [0.717, 1.165) is 51.0 Å². The summed E-state index contributed by atoms with van der Waals surface area (Å²) in [5.41, 5.74) is 1.69. The van der Waals surface area contributed by atoms with Crippen LogP contribution in [0.25, 0.3) is 0 Å². The highest BCUT2D eigenvalue weighted by Gasteiger charge is 2.35. The largest absolute Gasteiger partial charge is 0.467 e. The molecule has 2 aliphatic rings. The summed E-state index contributed by atoms with van der Waals surface area (Å²) in [6.07, 6.45) is 4.31. The van der Waals surface area contributed by atoms with Gasteiger partial charge in [-0.15, -0.1) is 0 Å². The number of hydrogen-bond acceptors (Lipinski definition) is 5. The first-order valence-electron chi connectivity index (χ1n) is 9.55. The second kappa shape index (κ2) is 8.88. The molecule has 3 rings (SSSR count). The summed E-state index contributed by atoms with van der Waals surface area (Å²) in [6, 6.07) is 7.15. The van der Waals surface area contributed by atoms with Crippen molar-refractivity contribution in [1.29, 1.82) is 0 Å². The Morgan fingerprint density at radius 1 is 1.15 bits per heavy atom. The van der Waals surface area contributed by atoms with Gasteiger partial charge in [-0.25, -0.2) is 4.79 Å². The molecule has 0 spiro atoms. The van der Waals surface area contributed by atoms with Crippen LogP contribution in [0.3, 0.4) is 0 Å². The molecule has 1 N–H and O–H groups in total. The van der Waals surface area contributed by atoms with Gasteiger partial charge in [0, 0.05) is 37.4 Å². The highest BCUT2D eigenvalue weighted by molar-refractivity contribution is 5.97. The Morgan fingerprint density at radius 3 is 2.48 bits per heavy atom. The molecule has 7 nitrogen and oxygen atoms in total. The number of carbonyl (C=O) groups is 3. The van der Waals surface area contributed by atoms with E-state index in [1.165, 1.54) is 7.11 Å². The van der Waals surface area contributed by atoms with Crippen LogP contribution in [0.5, 0.6) is 0 Å². The summed E-state index contributed by atoms with van der Waals surface area (Å²) < 4.78 is 4.82. The van der Waals surface area contributed by atoms with Crippen molar-refractivity contribution in [3.63, 3.8) is 0 Å². The zero-order chi connectivity index (χ0) is 19.2. The molecule has 2 fully saturated rings. The molecule has 1 aromatic carbocycles. The van der Waals surface area contributed by atoms with Gasteiger partial charge in [0.05, 0.1) is 7.11 Å². The first kappa shape index (κ1) is 19.2. The van der Waals surface area contributed by atoms with Crippen LogP contribution in [0.1, 0.15) is 36.0 Å². The number of carbonyl (C=O) groups excluding carboxylic acids is 3. The number of nitrogens with one attached hydrogen (secondary N) is 1. The molecule has 1 atom stereocenters. The summed E-state index contributed by atoms with van der Waals surface area (Å²) in [4.78, 5) is 39.0. The van der Waals surface area contributed by atoms with E-state index in [1.54, 1.807) is 4.90 Å². The van der Waals surface area contributed by atoms with Gasteiger partial charge in [-0.1, -0.05) is 0 Å². The zero-order valence-corrected chi connectivity index (χ0v) is 15.7. The maximum absolute atomic E-state index is 12.8. The molecule has 2 saturated heterocycles. The van der Waals surface area contributed by atoms with E-state index in [-0.39, 0.29) is 11.9 Å². The highest BCUT2D eigenvalue weighted by atomic mass is 16.5. The van der Waals surface area contributed by atoms with E-state index in [1.807, 2.05) is 24.3 Å². The molecule has 0 saturated carbocycles. The maximum Gasteiger partial charge on any atom is 0.328 e. The van der Waals surface area contributed by atoms with Crippen molar-refractivity contribution < 1.29 is 19.1 Å². The smallest absolute Gasteiger partial charge is 0.328 e. The van der Waals surface area contributed by atoms with Crippen molar-refractivity contribution in [3.05, 3.63) is 29.8 Å². The fourth-order valence-corrected chi connectivity index (χ4v) is 3.98. The van der Waals surface area contributed by atoms with E-state index in [4.69, 9.17) is 4.74 Å². The second-order valence-electron chi connectivity index (χ2n) is 7.18. The average Bonchev–Trinajstić information content (AvgIpc) is 3.21. The molecule has 2 amide bonds. The van der Waals surface area contributed by atoms with E-state index >= 15 is 0 Å². The van der Waals surface area contributed by atoms with Gasteiger partial charge in [0.15, 0.2) is 0 Å². The molecule has 1 aromatic rings. The van der Waals surface area contributed by atoms with Crippen molar-refractivity contribution in [2.24, 2.45) is 5.92 Å². The zero-order valence-electron chi connectivity index (χ0n) is 15.7. The monoisotopic (exact) mass is 373 g/mol. The van der Waals surface area contributed by atoms with Gasteiger partial charge >= 0.3 is 5.97 Å². The van der Waals surface area contributed by atoms with E-state index < -0.39 is 6.04 Å². The minimum Gasteiger partial charge on any atom is -0.467 e. The first-order valence-corrected chi connectivity index (χ1v) is 9.55. The van der Waals surface area contributed by atoms with Gasteiger partial charge < -0.3 is 19.9 Å². The Balaban J connectivity index is 1.60. The summed E-state index contributed by atoms with van der Waals surface area (Å²) in [6.45, 7) is 3.20. The molecule has 0 bridgehead atoms. The second-order valence-corrected chi connectivity index (χ2v) is 7.18. The van der Waals surface area contributed by atoms with Crippen molar-refractivity contribution in [2.45, 2.75) is 31.7 Å². The number of benzene rings is 1. The van der Waals surface area contributed by atoms with Crippen LogP contribution < -0.4 is 10.2 Å². The predicted octanol–water partition coefficient (Wildman–Crippen LogP) is 1.43. The number of amides is 2. The SMILES string of the molecule is COC(=O)C1CCCN1C(=O)c1ccc(N2CCC(CNC=O)CC2)cc1. The van der Waals surface area contributed by atoms with Crippen LogP contribution in [0.2, 0.25) is 0 Å². The Hall–Kier alpha value is -2.57.